The average molecular weight is 1510 g/mol. The largest absolute Gasteiger partial charge is 0.458 e. The number of carbonyl (C=O) groups excluding carboxylic acids is 14. The highest BCUT2D eigenvalue weighted by Gasteiger charge is 2.45. The summed E-state index contributed by atoms with van der Waals surface area (Å²) in [6.07, 6.45) is 0.257. The lowest BCUT2D eigenvalue weighted by Gasteiger charge is -2.33. The van der Waals surface area contributed by atoms with Crippen LogP contribution < -0.4 is 69.5 Å². The Labute approximate surface area is 628 Å². The standard InChI is InChI=1S/C75H122F2N14O16/c1-20-42(16)59(71(102)90-62-45(19)107-75(106)58(41(14)15)86-63(94)49(22-3)79-65(96)51(35-46-30-31-47(76)48(77)34-46)81-67(98)55(38(8)9)83-70(101)60(43(17)21-2)88-73(62)104)87-64(95)50(27-24-32-78)80-66(97)52-28-25-33-91(52)74(105)57(40(12)13)85-69(100)56(39(10)11)84-72(103)61(44(18)92)89-68(99)54(37(6)7)82-53(93)29-23-26-36(4)5/h22,30-31,34,36-45,50-52,54-62,92H,20-21,23-29,32-33,35,78H2,1-19H3,(H,79,96)(H,80,97)(H,81,98)(H,82,93)(H,83,101)(H,84,103)(H,85,100)(H,86,94)(H,87,95)(H,88,104)(H,89,99)(H,90,102)/b49-22-/t42-,43-,44+,45+,50-,51-,52+,54+,55+,56-,57+,58-,59+,60+,61-,62+/m0/s1. The average Bonchev–Trinajstić information content (AvgIpc) is 1.76. The van der Waals surface area contributed by atoms with Gasteiger partial charge in [-0.05, 0) is 124 Å². The number of allylic oxidation sites excluding steroid dienone is 1. The van der Waals surface area contributed by atoms with Gasteiger partial charge in [0.2, 0.25) is 70.9 Å². The van der Waals surface area contributed by atoms with Crippen molar-refractivity contribution in [2.75, 3.05) is 13.1 Å². The van der Waals surface area contributed by atoms with Crippen LogP contribution in [0.1, 0.15) is 195 Å². The summed E-state index contributed by atoms with van der Waals surface area (Å²) in [5.74, 6) is -18.7. The molecule has 0 aromatic heterocycles. The summed E-state index contributed by atoms with van der Waals surface area (Å²) in [6, 6.07) is -14.4. The van der Waals surface area contributed by atoms with Crippen LogP contribution >= 0.6 is 0 Å². The Hall–Kier alpha value is -8.68. The molecule has 1 aromatic rings. The van der Waals surface area contributed by atoms with Crippen LogP contribution in [0.25, 0.3) is 0 Å². The van der Waals surface area contributed by atoms with Crippen LogP contribution in [0, 0.1) is 59.0 Å². The second kappa shape index (κ2) is 44.0. The number of amides is 13. The van der Waals surface area contributed by atoms with Crippen molar-refractivity contribution in [3.8, 4) is 0 Å². The molecule has 16 atom stereocenters. The zero-order valence-electron chi connectivity index (χ0n) is 65.8. The van der Waals surface area contributed by atoms with Gasteiger partial charge in [-0.3, -0.25) is 62.3 Å². The predicted octanol–water partition coefficient (Wildman–Crippen LogP) is 2.11. The first-order valence-corrected chi connectivity index (χ1v) is 37.7. The van der Waals surface area contributed by atoms with E-state index in [4.69, 9.17) is 10.5 Å². The van der Waals surface area contributed by atoms with Gasteiger partial charge in [0.25, 0.3) is 5.91 Å². The fourth-order valence-electron chi connectivity index (χ4n) is 12.2. The number of likely N-dealkylation sites (tertiary alicyclic amines) is 1. The van der Waals surface area contributed by atoms with E-state index in [9.17, 15) is 71.4 Å². The van der Waals surface area contributed by atoms with E-state index in [1.807, 2.05) is 13.8 Å². The number of aliphatic hydroxyl groups excluding tert-OH is 1. The van der Waals surface area contributed by atoms with E-state index in [-0.39, 0.29) is 63.1 Å². The Bertz CT molecular complexity index is 3290. The highest BCUT2D eigenvalue weighted by molar-refractivity contribution is 6.03. The number of rotatable bonds is 33. The summed E-state index contributed by atoms with van der Waals surface area (Å²) in [4.78, 5) is 202. The van der Waals surface area contributed by atoms with Gasteiger partial charge in [0.05, 0.1) is 6.10 Å². The molecule has 2 saturated heterocycles. The van der Waals surface area contributed by atoms with Crippen molar-refractivity contribution in [2.24, 2.45) is 53.1 Å². The third-order valence-corrected chi connectivity index (χ3v) is 19.4. The molecule has 13 amide bonds. The molecule has 2 heterocycles. The molecule has 2 aliphatic heterocycles. The number of cyclic esters (lactones) is 1. The maximum absolute atomic E-state index is 15.0. The number of hydrogen-bond donors (Lipinski definition) is 14. The van der Waals surface area contributed by atoms with Crippen LogP contribution in [0.5, 0.6) is 0 Å². The van der Waals surface area contributed by atoms with E-state index in [0.29, 0.717) is 18.8 Å². The first-order chi connectivity index (χ1) is 50.0. The minimum atomic E-state index is -1.88. The van der Waals surface area contributed by atoms with E-state index in [0.717, 1.165) is 18.6 Å². The predicted molar refractivity (Wildman–Crippen MR) is 395 cm³/mol. The molecule has 107 heavy (non-hydrogen) atoms. The van der Waals surface area contributed by atoms with E-state index in [1.165, 1.54) is 37.8 Å². The molecule has 30 nitrogen and oxygen atoms in total. The zero-order chi connectivity index (χ0) is 81.2. The molecule has 15 N–H and O–H groups in total. The fraction of sp³-hybridized carbons (Fsp3) is 0.707. The summed E-state index contributed by atoms with van der Waals surface area (Å²) < 4.78 is 34.6. The van der Waals surface area contributed by atoms with Crippen molar-refractivity contribution in [3.05, 3.63) is 47.2 Å². The summed E-state index contributed by atoms with van der Waals surface area (Å²) >= 11 is 0. The Balaban J connectivity index is 2.01. The van der Waals surface area contributed by atoms with E-state index < -0.39 is 227 Å². The Kier molecular flexibility index (Phi) is 38.0. The number of ether oxygens (including phenoxy) is 1. The number of halogens is 2. The van der Waals surface area contributed by atoms with Crippen molar-refractivity contribution in [3.63, 3.8) is 0 Å². The minimum absolute atomic E-state index is 0.0489. The van der Waals surface area contributed by atoms with Gasteiger partial charge in [-0.2, -0.15) is 0 Å². The highest BCUT2D eigenvalue weighted by atomic mass is 19.2. The van der Waals surface area contributed by atoms with Gasteiger partial charge >= 0.3 is 5.97 Å². The molecule has 0 unspecified atom stereocenters. The van der Waals surface area contributed by atoms with Crippen molar-refractivity contribution < 1.29 is 85.7 Å². The molecular formula is C75H122F2N14O16. The number of esters is 1. The summed E-state index contributed by atoms with van der Waals surface area (Å²) in [5, 5.41) is 42.5. The molecule has 1 aromatic carbocycles. The number of nitrogens with zero attached hydrogens (tertiary/aromatic N) is 1. The van der Waals surface area contributed by atoms with Crippen molar-refractivity contribution in [1.82, 2.24) is 68.7 Å². The van der Waals surface area contributed by atoms with Gasteiger partial charge < -0.3 is 84.3 Å². The monoisotopic (exact) mass is 1510 g/mol. The molecular weight excluding hydrogens is 1390 g/mol. The van der Waals surface area contributed by atoms with Crippen LogP contribution in [0.3, 0.4) is 0 Å². The maximum Gasteiger partial charge on any atom is 0.329 e. The van der Waals surface area contributed by atoms with E-state index in [1.54, 1.807) is 96.9 Å². The smallest absolute Gasteiger partial charge is 0.329 e. The Morgan fingerprint density at radius 2 is 1.18 bits per heavy atom. The lowest BCUT2D eigenvalue weighted by atomic mass is 9.95. The molecule has 3 rings (SSSR count). The van der Waals surface area contributed by atoms with Gasteiger partial charge in [0.1, 0.15) is 84.3 Å². The lowest BCUT2D eigenvalue weighted by Crippen LogP contribution is -2.64. The molecule has 0 spiro atoms. The third-order valence-electron chi connectivity index (χ3n) is 19.4. The number of benzene rings is 1. The molecule has 2 fully saturated rings. The van der Waals surface area contributed by atoms with Crippen LogP contribution in [0.4, 0.5) is 8.78 Å². The molecule has 0 radical (unpaired) electrons. The second-order valence-corrected chi connectivity index (χ2v) is 30.4. The quantitative estimate of drug-likeness (QED) is 0.0354. The molecule has 32 heteroatoms. The second-order valence-electron chi connectivity index (χ2n) is 30.4. The van der Waals surface area contributed by atoms with Crippen LogP contribution in [-0.2, 0) is 78.3 Å². The molecule has 2 aliphatic rings. The topological polar surface area (TPSA) is 442 Å². The van der Waals surface area contributed by atoms with E-state index >= 15 is 9.59 Å². The SMILES string of the molecule is C/C=C1\NC(=O)[C@H](Cc2ccc(F)c(F)c2)NC(=O)[C@@H](C(C)C)NC(=O)[C@@H]([C@@H](C)CC)NC(=O)[C@H](NC(=O)[C@H](NC(=O)[C@H](CCCN)NC(=O)[C@H]2CCCN2C(=O)[C@H](NC(=O)[C@@H](NC(=O)[C@@H](NC(=O)[C@H](NC(=O)CCCC(C)C)C(C)C)[C@@H](C)O)C(C)C)C(C)C)[C@@H](C)CC)[C@@H](C)OC(=O)[C@H](C(C)C)NC1=O. The first-order valence-electron chi connectivity index (χ1n) is 37.7. The number of aliphatic hydroxyl groups is 1. The van der Waals surface area contributed by atoms with Crippen molar-refractivity contribution in [1.29, 1.82) is 0 Å². The van der Waals surface area contributed by atoms with Gasteiger partial charge in [-0.25, -0.2) is 13.6 Å². The van der Waals surface area contributed by atoms with Gasteiger partial charge in [0.15, 0.2) is 11.6 Å². The molecule has 0 aliphatic carbocycles. The summed E-state index contributed by atoms with van der Waals surface area (Å²) in [7, 11) is 0. The number of nitrogens with two attached hydrogens (primary N) is 1. The molecule has 0 saturated carbocycles. The summed E-state index contributed by atoms with van der Waals surface area (Å²) in [6.45, 7) is 31.1. The highest BCUT2D eigenvalue weighted by Crippen LogP contribution is 2.24. The molecule has 602 valence electrons. The number of nitrogens with one attached hydrogen (secondary N) is 12. The normalized spacial score (nSPS) is 22.4. The van der Waals surface area contributed by atoms with Gasteiger partial charge in [0, 0.05) is 19.4 Å². The minimum Gasteiger partial charge on any atom is -0.458 e. The van der Waals surface area contributed by atoms with Gasteiger partial charge in [-0.1, -0.05) is 142 Å². The Morgan fingerprint density at radius 1 is 0.626 bits per heavy atom. The summed E-state index contributed by atoms with van der Waals surface area (Å²) in [5.41, 5.74) is 5.60. The number of carbonyl (C=O) groups is 14. The third kappa shape index (κ3) is 27.8. The molecule has 0 bridgehead atoms. The van der Waals surface area contributed by atoms with Crippen LogP contribution in [-0.4, -0.2) is 191 Å². The van der Waals surface area contributed by atoms with Crippen molar-refractivity contribution in [2.45, 2.75) is 280 Å². The fourth-order valence-corrected chi connectivity index (χ4v) is 12.2. The lowest BCUT2D eigenvalue weighted by molar-refractivity contribution is -0.157. The van der Waals surface area contributed by atoms with E-state index in [2.05, 4.69) is 63.8 Å². The van der Waals surface area contributed by atoms with Crippen LogP contribution in [0.15, 0.2) is 30.0 Å². The Morgan fingerprint density at radius 3 is 1.71 bits per heavy atom. The van der Waals surface area contributed by atoms with Gasteiger partial charge in [-0.15, -0.1) is 0 Å². The van der Waals surface area contributed by atoms with Crippen LogP contribution in [0.2, 0.25) is 0 Å². The zero-order valence-corrected chi connectivity index (χ0v) is 65.8. The maximum atomic E-state index is 15.0. The van der Waals surface area contributed by atoms with Crippen molar-refractivity contribution >= 4 is 82.8 Å². The number of hydrogen-bond acceptors (Lipinski definition) is 17. The first kappa shape index (κ1) is 92.5.